The molecular formula is C12H29NO4Si. The van der Waals surface area contributed by atoms with Crippen molar-refractivity contribution in [3.8, 4) is 0 Å². The number of hydrogen-bond donors (Lipinski definition) is 3. The lowest BCUT2D eigenvalue weighted by molar-refractivity contribution is 0.142. The molecule has 6 heteroatoms. The van der Waals surface area contributed by atoms with Crippen molar-refractivity contribution in [2.75, 3.05) is 33.0 Å². The Labute approximate surface area is 112 Å². The topological polar surface area (TPSA) is 84.9 Å². The Hall–Kier alpha value is 0.0169. The van der Waals surface area contributed by atoms with Crippen LogP contribution in [-0.2, 0) is 8.85 Å². The molecule has 0 fully saturated rings. The van der Waals surface area contributed by atoms with E-state index in [9.17, 15) is 10.2 Å². The van der Waals surface area contributed by atoms with Gasteiger partial charge in [-0.05, 0) is 46.1 Å². The van der Waals surface area contributed by atoms with Gasteiger partial charge in [-0.15, -0.1) is 0 Å². The van der Waals surface area contributed by atoms with Gasteiger partial charge in [-0.2, -0.15) is 0 Å². The molecule has 0 rings (SSSR count). The zero-order valence-electron chi connectivity index (χ0n) is 11.7. The van der Waals surface area contributed by atoms with Crippen LogP contribution in [0.4, 0.5) is 0 Å². The number of aliphatic hydroxyl groups excluding tert-OH is 2. The number of aliphatic hydroxyl groups is 2. The van der Waals surface area contributed by atoms with Gasteiger partial charge in [-0.25, -0.2) is 0 Å². The van der Waals surface area contributed by atoms with Gasteiger partial charge in [-0.1, -0.05) is 0 Å². The van der Waals surface area contributed by atoms with Crippen molar-refractivity contribution in [3.05, 3.63) is 0 Å². The summed E-state index contributed by atoms with van der Waals surface area (Å²) in [6.07, 6.45) is 2.94. The van der Waals surface area contributed by atoms with Crippen LogP contribution in [0.15, 0.2) is 0 Å². The third kappa shape index (κ3) is 5.77. The third-order valence-corrected chi connectivity index (χ3v) is 6.37. The maximum atomic E-state index is 9.31. The van der Waals surface area contributed by atoms with Gasteiger partial charge in [0.25, 0.3) is 0 Å². The summed E-state index contributed by atoms with van der Waals surface area (Å²) >= 11 is 0. The highest BCUT2D eigenvalue weighted by atomic mass is 28.3. The zero-order valence-corrected chi connectivity index (χ0v) is 12.9. The van der Waals surface area contributed by atoms with E-state index < -0.39 is 9.28 Å². The quantitative estimate of drug-likeness (QED) is 0.454. The van der Waals surface area contributed by atoms with Crippen LogP contribution in [0, 0.1) is 0 Å². The molecule has 5 nitrogen and oxygen atoms in total. The summed E-state index contributed by atoms with van der Waals surface area (Å²) in [6.45, 7) is 5.91. The molecule has 0 aliphatic heterocycles. The van der Waals surface area contributed by atoms with E-state index in [2.05, 4.69) is 0 Å². The fraction of sp³-hybridized carbons (Fsp3) is 1.00. The van der Waals surface area contributed by atoms with Crippen molar-refractivity contribution in [2.45, 2.75) is 44.6 Å². The molecule has 0 atom stereocenters. The Kier molecular flexibility index (Phi) is 10.9. The first-order chi connectivity index (χ1) is 8.70. The number of nitrogens with two attached hydrogens (primary N) is 1. The predicted octanol–water partition coefficient (Wildman–Crippen LogP) is 0.524. The Morgan fingerprint density at radius 3 is 1.83 bits per heavy atom. The Morgan fingerprint density at radius 1 is 1.00 bits per heavy atom. The highest BCUT2D eigenvalue weighted by Crippen LogP contribution is 2.43. The summed E-state index contributed by atoms with van der Waals surface area (Å²) in [5, 5.41) is 18.4. The minimum Gasteiger partial charge on any atom is -0.397 e. The van der Waals surface area contributed by atoms with Crippen LogP contribution in [0.5, 0.6) is 0 Å². The first kappa shape index (κ1) is 18.0. The lowest BCUT2D eigenvalue weighted by atomic mass is 9.95. The van der Waals surface area contributed by atoms with Crippen LogP contribution in [-0.4, -0.2) is 52.5 Å². The Morgan fingerprint density at radius 2 is 1.50 bits per heavy atom. The molecule has 0 saturated carbocycles. The monoisotopic (exact) mass is 279 g/mol. The summed E-state index contributed by atoms with van der Waals surface area (Å²) in [5.74, 6) is 0. The average Bonchev–Trinajstić information content (AvgIpc) is 2.36. The summed E-state index contributed by atoms with van der Waals surface area (Å²) in [5.41, 5.74) is 5.58. The highest BCUT2D eigenvalue weighted by molar-refractivity contribution is 6.48. The SMILES string of the molecule is CCO[SiH](OCC)C(CCO)(CCO)CCCN. The van der Waals surface area contributed by atoms with Crippen LogP contribution in [0.25, 0.3) is 0 Å². The molecular weight excluding hydrogens is 250 g/mol. The molecule has 4 N–H and O–H groups in total. The van der Waals surface area contributed by atoms with E-state index in [0.29, 0.717) is 32.6 Å². The van der Waals surface area contributed by atoms with E-state index >= 15 is 0 Å². The molecule has 0 aliphatic rings. The second-order valence-corrected chi connectivity index (χ2v) is 7.00. The molecule has 0 aromatic carbocycles. The predicted molar refractivity (Wildman–Crippen MR) is 74.8 cm³/mol. The van der Waals surface area contributed by atoms with Gasteiger partial charge < -0.3 is 24.8 Å². The van der Waals surface area contributed by atoms with Gasteiger partial charge in [0.05, 0.1) is 0 Å². The van der Waals surface area contributed by atoms with E-state index in [1.54, 1.807) is 0 Å². The number of rotatable bonds is 12. The van der Waals surface area contributed by atoms with Crippen molar-refractivity contribution in [3.63, 3.8) is 0 Å². The van der Waals surface area contributed by atoms with E-state index in [0.717, 1.165) is 12.8 Å². The molecule has 0 bridgehead atoms. The summed E-state index contributed by atoms with van der Waals surface area (Å²) in [7, 11) is -1.93. The molecule has 0 aliphatic carbocycles. The molecule has 110 valence electrons. The molecule has 18 heavy (non-hydrogen) atoms. The first-order valence-corrected chi connectivity index (χ1v) is 8.37. The van der Waals surface area contributed by atoms with Crippen molar-refractivity contribution in [2.24, 2.45) is 5.73 Å². The molecule has 0 aromatic rings. The van der Waals surface area contributed by atoms with Crippen LogP contribution in [0.2, 0.25) is 5.04 Å². The van der Waals surface area contributed by atoms with Crippen molar-refractivity contribution in [1.29, 1.82) is 0 Å². The number of hydrogen-bond acceptors (Lipinski definition) is 5. The van der Waals surface area contributed by atoms with Gasteiger partial charge in [0.2, 0.25) is 0 Å². The molecule has 0 saturated heterocycles. The highest BCUT2D eigenvalue weighted by Gasteiger charge is 2.41. The normalized spacial score (nSPS) is 12.3. The molecule has 0 aromatic heterocycles. The van der Waals surface area contributed by atoms with Gasteiger partial charge in [0.1, 0.15) is 0 Å². The van der Waals surface area contributed by atoms with Crippen LogP contribution in [0.3, 0.4) is 0 Å². The summed E-state index contributed by atoms with van der Waals surface area (Å²) < 4.78 is 11.6. The molecule has 0 unspecified atom stereocenters. The van der Waals surface area contributed by atoms with Gasteiger partial charge >= 0.3 is 9.28 Å². The maximum Gasteiger partial charge on any atom is 0.328 e. The lowest BCUT2D eigenvalue weighted by Crippen LogP contribution is -2.40. The van der Waals surface area contributed by atoms with Crippen molar-refractivity contribution >= 4 is 9.28 Å². The fourth-order valence-corrected chi connectivity index (χ4v) is 4.91. The third-order valence-electron chi connectivity index (χ3n) is 3.23. The van der Waals surface area contributed by atoms with E-state index in [1.807, 2.05) is 13.8 Å². The Balaban J connectivity index is 4.91. The standard InChI is InChI=1S/C12H29NO4Si/c1-3-16-18(17-4-2)12(7-10-14,8-11-15)6-5-9-13/h14-15,18H,3-11,13H2,1-2H3. The maximum absolute atomic E-state index is 9.31. The Bertz CT molecular complexity index is 183. The van der Waals surface area contributed by atoms with Crippen molar-refractivity contribution in [1.82, 2.24) is 0 Å². The van der Waals surface area contributed by atoms with E-state index in [1.165, 1.54) is 0 Å². The molecule has 0 heterocycles. The largest absolute Gasteiger partial charge is 0.397 e. The van der Waals surface area contributed by atoms with Crippen molar-refractivity contribution < 1.29 is 19.1 Å². The molecule has 0 radical (unpaired) electrons. The summed E-state index contributed by atoms with van der Waals surface area (Å²) in [6, 6.07) is 0. The first-order valence-electron chi connectivity index (χ1n) is 6.85. The van der Waals surface area contributed by atoms with Crippen LogP contribution < -0.4 is 5.73 Å². The van der Waals surface area contributed by atoms with Gasteiger partial charge in [0.15, 0.2) is 0 Å². The summed E-state index contributed by atoms with van der Waals surface area (Å²) in [4.78, 5) is 0. The van der Waals surface area contributed by atoms with E-state index in [4.69, 9.17) is 14.6 Å². The van der Waals surface area contributed by atoms with Crippen LogP contribution in [0.1, 0.15) is 39.5 Å². The fourth-order valence-electron chi connectivity index (χ4n) is 2.33. The molecule has 0 amide bonds. The minimum absolute atomic E-state index is 0.0915. The van der Waals surface area contributed by atoms with Gasteiger partial charge in [0, 0.05) is 31.5 Å². The minimum atomic E-state index is -1.93. The van der Waals surface area contributed by atoms with Crippen LogP contribution >= 0.6 is 0 Å². The second-order valence-electron chi connectivity index (χ2n) is 4.44. The van der Waals surface area contributed by atoms with Gasteiger partial charge in [-0.3, -0.25) is 0 Å². The smallest absolute Gasteiger partial charge is 0.328 e. The molecule has 0 spiro atoms. The average molecular weight is 279 g/mol. The lowest BCUT2D eigenvalue weighted by Gasteiger charge is -2.38. The zero-order chi connectivity index (χ0) is 13.9. The second kappa shape index (κ2) is 10.9. The van der Waals surface area contributed by atoms with E-state index in [-0.39, 0.29) is 18.3 Å².